The number of aliphatic hydroxyl groups excluding tert-OH is 1. The van der Waals surface area contributed by atoms with Gasteiger partial charge in [-0.2, -0.15) is 0 Å². The van der Waals surface area contributed by atoms with Crippen LogP contribution >= 0.6 is 0 Å². The standard InChI is InChI=1S/C13H12O/c1-8-5-6-11-12(14)7-9-3-2-4-10(8)13(9)11/h2-6,12,14H,7H2,1H3. The van der Waals surface area contributed by atoms with Crippen LogP contribution in [0.1, 0.15) is 22.8 Å². The van der Waals surface area contributed by atoms with Crippen molar-refractivity contribution in [3.05, 3.63) is 47.0 Å². The number of hydrogen-bond donors (Lipinski definition) is 1. The molecule has 1 heteroatoms. The van der Waals surface area contributed by atoms with Crippen molar-refractivity contribution in [3.63, 3.8) is 0 Å². The molecule has 0 aromatic heterocycles. The molecular weight excluding hydrogens is 172 g/mol. The topological polar surface area (TPSA) is 20.2 Å². The maximum atomic E-state index is 9.86. The molecule has 0 amide bonds. The van der Waals surface area contributed by atoms with Crippen molar-refractivity contribution in [2.45, 2.75) is 19.4 Å². The summed E-state index contributed by atoms with van der Waals surface area (Å²) in [6, 6.07) is 10.5. The van der Waals surface area contributed by atoms with Crippen molar-refractivity contribution in [2.24, 2.45) is 0 Å². The Morgan fingerprint density at radius 1 is 1.21 bits per heavy atom. The van der Waals surface area contributed by atoms with E-state index in [0.717, 1.165) is 12.0 Å². The molecule has 1 atom stereocenters. The predicted octanol–water partition coefficient (Wildman–Crippen LogP) is 2.74. The van der Waals surface area contributed by atoms with Gasteiger partial charge in [0.2, 0.25) is 0 Å². The molecule has 0 spiro atoms. The quantitative estimate of drug-likeness (QED) is 0.667. The highest BCUT2D eigenvalue weighted by molar-refractivity contribution is 5.93. The van der Waals surface area contributed by atoms with Crippen LogP contribution in [0.5, 0.6) is 0 Å². The summed E-state index contributed by atoms with van der Waals surface area (Å²) in [5.74, 6) is 0. The molecule has 1 aliphatic rings. The monoisotopic (exact) mass is 184 g/mol. The van der Waals surface area contributed by atoms with E-state index in [2.05, 4.69) is 37.3 Å². The minimum absolute atomic E-state index is 0.296. The first-order chi connectivity index (χ1) is 6.77. The summed E-state index contributed by atoms with van der Waals surface area (Å²) in [6.07, 6.45) is 0.478. The molecule has 1 aliphatic carbocycles. The summed E-state index contributed by atoms with van der Waals surface area (Å²) >= 11 is 0. The molecule has 0 heterocycles. The van der Waals surface area contributed by atoms with E-state index in [1.807, 2.05) is 0 Å². The summed E-state index contributed by atoms with van der Waals surface area (Å²) in [4.78, 5) is 0. The van der Waals surface area contributed by atoms with Gasteiger partial charge in [0.1, 0.15) is 0 Å². The fourth-order valence-corrected chi connectivity index (χ4v) is 2.42. The zero-order chi connectivity index (χ0) is 9.71. The van der Waals surface area contributed by atoms with Gasteiger partial charge >= 0.3 is 0 Å². The number of benzene rings is 2. The van der Waals surface area contributed by atoms with Crippen molar-refractivity contribution >= 4 is 10.8 Å². The Balaban J connectivity index is 2.52. The molecule has 1 unspecified atom stereocenters. The van der Waals surface area contributed by atoms with Crippen LogP contribution in [0.2, 0.25) is 0 Å². The normalized spacial score (nSPS) is 19.1. The van der Waals surface area contributed by atoms with E-state index in [-0.39, 0.29) is 6.10 Å². The molecule has 0 saturated heterocycles. The second kappa shape index (κ2) is 2.58. The zero-order valence-corrected chi connectivity index (χ0v) is 8.12. The van der Waals surface area contributed by atoms with Gasteiger partial charge in [-0.3, -0.25) is 0 Å². The third kappa shape index (κ3) is 0.878. The lowest BCUT2D eigenvalue weighted by Crippen LogP contribution is -1.92. The minimum Gasteiger partial charge on any atom is -0.388 e. The van der Waals surface area contributed by atoms with Crippen LogP contribution in [0.15, 0.2) is 30.3 Å². The highest BCUT2D eigenvalue weighted by atomic mass is 16.3. The Hall–Kier alpha value is -1.34. The summed E-state index contributed by atoms with van der Waals surface area (Å²) in [6.45, 7) is 2.12. The molecule has 70 valence electrons. The maximum Gasteiger partial charge on any atom is 0.0836 e. The average Bonchev–Trinajstić information content (AvgIpc) is 2.50. The number of aryl methyl sites for hydroxylation is 1. The predicted molar refractivity (Wildman–Crippen MR) is 57.3 cm³/mol. The van der Waals surface area contributed by atoms with Gasteiger partial charge in [-0.1, -0.05) is 30.3 Å². The molecule has 0 fully saturated rings. The SMILES string of the molecule is Cc1ccc2c3c(cccc13)CC2O. The molecule has 0 saturated carbocycles. The lowest BCUT2D eigenvalue weighted by atomic mass is 10.0. The Labute approximate surface area is 83.0 Å². The van der Waals surface area contributed by atoms with Gasteiger partial charge in [0.25, 0.3) is 0 Å². The van der Waals surface area contributed by atoms with Gasteiger partial charge in [-0.25, -0.2) is 0 Å². The Morgan fingerprint density at radius 2 is 2.07 bits per heavy atom. The van der Waals surface area contributed by atoms with Crippen LogP contribution in [-0.4, -0.2) is 5.11 Å². The van der Waals surface area contributed by atoms with Crippen LogP contribution < -0.4 is 0 Å². The number of rotatable bonds is 0. The van der Waals surface area contributed by atoms with Crippen LogP contribution in [0, 0.1) is 6.92 Å². The minimum atomic E-state index is -0.296. The molecule has 1 nitrogen and oxygen atoms in total. The number of aliphatic hydroxyl groups is 1. The van der Waals surface area contributed by atoms with Crippen molar-refractivity contribution in [3.8, 4) is 0 Å². The molecule has 0 bridgehead atoms. The van der Waals surface area contributed by atoms with Crippen molar-refractivity contribution < 1.29 is 5.11 Å². The third-order valence-electron chi connectivity index (χ3n) is 3.15. The molecule has 3 rings (SSSR count). The third-order valence-corrected chi connectivity index (χ3v) is 3.15. The van der Waals surface area contributed by atoms with Crippen LogP contribution in [0.3, 0.4) is 0 Å². The fourth-order valence-electron chi connectivity index (χ4n) is 2.42. The Bertz CT molecular complexity index is 514. The summed E-state index contributed by atoms with van der Waals surface area (Å²) in [5.41, 5.74) is 3.68. The van der Waals surface area contributed by atoms with Gasteiger partial charge in [0.15, 0.2) is 0 Å². The first-order valence-electron chi connectivity index (χ1n) is 4.96. The highest BCUT2D eigenvalue weighted by Gasteiger charge is 2.22. The van der Waals surface area contributed by atoms with Gasteiger partial charge in [0.05, 0.1) is 6.10 Å². The van der Waals surface area contributed by atoms with E-state index >= 15 is 0 Å². The molecule has 1 N–H and O–H groups in total. The Morgan fingerprint density at radius 3 is 2.93 bits per heavy atom. The van der Waals surface area contributed by atoms with E-state index in [1.54, 1.807) is 0 Å². The van der Waals surface area contributed by atoms with Gasteiger partial charge in [-0.15, -0.1) is 0 Å². The summed E-state index contributed by atoms with van der Waals surface area (Å²) in [7, 11) is 0. The van der Waals surface area contributed by atoms with Crippen LogP contribution in [-0.2, 0) is 6.42 Å². The second-order valence-electron chi connectivity index (χ2n) is 4.03. The lowest BCUT2D eigenvalue weighted by Gasteiger charge is -2.05. The first-order valence-corrected chi connectivity index (χ1v) is 4.96. The molecule has 2 aromatic carbocycles. The van der Waals surface area contributed by atoms with Crippen LogP contribution in [0.4, 0.5) is 0 Å². The second-order valence-corrected chi connectivity index (χ2v) is 4.03. The molecule has 2 aromatic rings. The first kappa shape index (κ1) is 8.01. The van der Waals surface area contributed by atoms with Gasteiger partial charge in [0, 0.05) is 6.42 Å². The molecule has 0 aliphatic heterocycles. The lowest BCUT2D eigenvalue weighted by molar-refractivity contribution is 0.185. The van der Waals surface area contributed by atoms with E-state index < -0.39 is 0 Å². The molecule has 0 radical (unpaired) electrons. The van der Waals surface area contributed by atoms with Gasteiger partial charge in [-0.05, 0) is 34.4 Å². The summed E-state index contributed by atoms with van der Waals surface area (Å²) in [5, 5.41) is 12.4. The molecule has 14 heavy (non-hydrogen) atoms. The Kier molecular flexibility index (Phi) is 1.48. The number of hydrogen-bond acceptors (Lipinski definition) is 1. The van der Waals surface area contributed by atoms with E-state index in [0.29, 0.717) is 0 Å². The zero-order valence-electron chi connectivity index (χ0n) is 8.12. The van der Waals surface area contributed by atoms with E-state index in [4.69, 9.17) is 0 Å². The van der Waals surface area contributed by atoms with E-state index in [1.165, 1.54) is 21.9 Å². The average molecular weight is 184 g/mol. The van der Waals surface area contributed by atoms with Gasteiger partial charge < -0.3 is 5.11 Å². The van der Waals surface area contributed by atoms with Crippen molar-refractivity contribution in [2.75, 3.05) is 0 Å². The summed E-state index contributed by atoms with van der Waals surface area (Å²) < 4.78 is 0. The van der Waals surface area contributed by atoms with Crippen molar-refractivity contribution in [1.82, 2.24) is 0 Å². The van der Waals surface area contributed by atoms with E-state index in [9.17, 15) is 5.11 Å². The fraction of sp³-hybridized carbons (Fsp3) is 0.231. The largest absolute Gasteiger partial charge is 0.388 e. The molecular formula is C13H12O. The maximum absolute atomic E-state index is 9.86. The smallest absolute Gasteiger partial charge is 0.0836 e. The van der Waals surface area contributed by atoms with Crippen molar-refractivity contribution in [1.29, 1.82) is 0 Å². The van der Waals surface area contributed by atoms with Crippen LogP contribution in [0.25, 0.3) is 10.8 Å². The highest BCUT2D eigenvalue weighted by Crippen LogP contribution is 2.37.